The molecule has 5 heteroatoms. The van der Waals surface area contributed by atoms with Crippen LogP contribution in [-0.2, 0) is 16.1 Å². The van der Waals surface area contributed by atoms with Gasteiger partial charge in [0.25, 0.3) is 0 Å². The molecular weight excluding hydrogens is 230 g/mol. The summed E-state index contributed by atoms with van der Waals surface area (Å²) in [5.74, 6) is -0.190. The maximum Gasteiger partial charge on any atom is 0.249 e. The summed E-state index contributed by atoms with van der Waals surface area (Å²) in [6, 6.07) is 3.95. The van der Waals surface area contributed by atoms with Gasteiger partial charge < -0.3 is 4.40 Å². The SMILES string of the molecule is Cc1cccn2cc(CC(=O)NOC(C)C)nc12. The number of amides is 1. The van der Waals surface area contributed by atoms with Gasteiger partial charge in [-0.2, -0.15) is 0 Å². The summed E-state index contributed by atoms with van der Waals surface area (Å²) >= 11 is 0. The first-order valence-electron chi connectivity index (χ1n) is 5.94. The molecule has 1 amide bonds. The standard InChI is InChI=1S/C13H17N3O2/c1-9(2)18-15-12(17)7-11-8-16-6-4-5-10(3)13(16)14-11/h4-6,8-9H,7H2,1-3H3,(H,15,17). The Kier molecular flexibility index (Phi) is 3.62. The van der Waals surface area contributed by atoms with Gasteiger partial charge in [0, 0.05) is 12.4 Å². The number of hydrogen-bond acceptors (Lipinski definition) is 3. The van der Waals surface area contributed by atoms with Crippen molar-refractivity contribution in [1.29, 1.82) is 0 Å². The lowest BCUT2D eigenvalue weighted by molar-refractivity contribution is -0.136. The van der Waals surface area contributed by atoms with Crippen molar-refractivity contribution in [2.45, 2.75) is 33.3 Å². The lowest BCUT2D eigenvalue weighted by Gasteiger charge is -2.06. The second kappa shape index (κ2) is 5.18. The summed E-state index contributed by atoms with van der Waals surface area (Å²) in [5, 5.41) is 0. The van der Waals surface area contributed by atoms with Gasteiger partial charge in [0.1, 0.15) is 5.65 Å². The third-order valence-corrected chi connectivity index (χ3v) is 2.48. The second-order valence-electron chi connectivity index (χ2n) is 4.52. The topological polar surface area (TPSA) is 55.6 Å². The Hall–Kier alpha value is -1.88. The quantitative estimate of drug-likeness (QED) is 0.836. The fourth-order valence-corrected chi connectivity index (χ4v) is 1.67. The van der Waals surface area contributed by atoms with Gasteiger partial charge in [-0.1, -0.05) is 6.07 Å². The van der Waals surface area contributed by atoms with E-state index in [-0.39, 0.29) is 18.4 Å². The second-order valence-corrected chi connectivity index (χ2v) is 4.52. The molecule has 0 spiro atoms. The summed E-state index contributed by atoms with van der Waals surface area (Å²) in [5.41, 5.74) is 5.10. The average Bonchev–Trinajstić information content (AvgIpc) is 2.70. The van der Waals surface area contributed by atoms with Gasteiger partial charge >= 0.3 is 0 Å². The molecule has 1 N–H and O–H groups in total. The first kappa shape index (κ1) is 12.6. The highest BCUT2D eigenvalue weighted by Gasteiger charge is 2.09. The molecule has 0 radical (unpaired) electrons. The van der Waals surface area contributed by atoms with E-state index in [1.54, 1.807) is 0 Å². The normalized spacial score (nSPS) is 11.1. The number of rotatable bonds is 4. The van der Waals surface area contributed by atoms with Crippen molar-refractivity contribution in [3.8, 4) is 0 Å². The van der Waals surface area contributed by atoms with Crippen molar-refractivity contribution in [2.24, 2.45) is 0 Å². The molecule has 2 aromatic rings. The van der Waals surface area contributed by atoms with Gasteiger partial charge in [0.2, 0.25) is 5.91 Å². The molecule has 0 aromatic carbocycles. The molecule has 18 heavy (non-hydrogen) atoms. The van der Waals surface area contributed by atoms with Gasteiger partial charge in [0.15, 0.2) is 0 Å². The van der Waals surface area contributed by atoms with Crippen LogP contribution in [0.4, 0.5) is 0 Å². The Morgan fingerprint density at radius 2 is 2.33 bits per heavy atom. The zero-order valence-electron chi connectivity index (χ0n) is 10.8. The van der Waals surface area contributed by atoms with Crippen molar-refractivity contribution in [2.75, 3.05) is 0 Å². The smallest absolute Gasteiger partial charge is 0.249 e. The van der Waals surface area contributed by atoms with E-state index in [2.05, 4.69) is 10.5 Å². The first-order valence-corrected chi connectivity index (χ1v) is 5.94. The van der Waals surface area contributed by atoms with Crippen LogP contribution in [0.5, 0.6) is 0 Å². The average molecular weight is 247 g/mol. The predicted molar refractivity (Wildman–Crippen MR) is 68.0 cm³/mol. The summed E-state index contributed by atoms with van der Waals surface area (Å²) in [6.07, 6.45) is 3.96. The molecular formula is C13H17N3O2. The van der Waals surface area contributed by atoms with E-state index in [4.69, 9.17) is 4.84 Å². The lowest BCUT2D eigenvalue weighted by atomic mass is 10.3. The summed E-state index contributed by atoms with van der Waals surface area (Å²) < 4.78 is 1.92. The molecule has 0 bridgehead atoms. The van der Waals surface area contributed by atoms with Crippen LogP contribution in [0.15, 0.2) is 24.5 Å². The van der Waals surface area contributed by atoms with Gasteiger partial charge in [-0.15, -0.1) is 0 Å². The third kappa shape index (κ3) is 2.87. The maximum absolute atomic E-state index is 11.6. The number of carbonyl (C=O) groups is 1. The highest BCUT2D eigenvalue weighted by molar-refractivity contribution is 5.77. The maximum atomic E-state index is 11.6. The Bertz CT molecular complexity index is 560. The van der Waals surface area contributed by atoms with Gasteiger partial charge in [0.05, 0.1) is 18.2 Å². The van der Waals surface area contributed by atoms with Crippen LogP contribution in [-0.4, -0.2) is 21.4 Å². The van der Waals surface area contributed by atoms with Crippen LogP contribution in [0.2, 0.25) is 0 Å². The molecule has 2 aromatic heterocycles. The van der Waals surface area contributed by atoms with Crippen LogP contribution in [0, 0.1) is 6.92 Å². The van der Waals surface area contributed by atoms with Crippen LogP contribution in [0.3, 0.4) is 0 Å². The largest absolute Gasteiger partial charge is 0.307 e. The van der Waals surface area contributed by atoms with Crippen molar-refractivity contribution in [3.05, 3.63) is 35.8 Å². The Labute approximate surface area is 106 Å². The van der Waals surface area contributed by atoms with Gasteiger partial charge in [-0.05, 0) is 32.4 Å². The van der Waals surface area contributed by atoms with E-state index in [0.717, 1.165) is 16.9 Å². The summed E-state index contributed by atoms with van der Waals surface area (Å²) in [4.78, 5) is 21.1. The highest BCUT2D eigenvalue weighted by atomic mass is 16.7. The zero-order chi connectivity index (χ0) is 13.1. The minimum atomic E-state index is -0.190. The number of hydrogen-bond donors (Lipinski definition) is 1. The van der Waals surface area contributed by atoms with Crippen molar-refractivity contribution >= 4 is 11.6 Å². The molecule has 0 saturated carbocycles. The molecule has 5 nitrogen and oxygen atoms in total. The predicted octanol–water partition coefficient (Wildman–Crippen LogP) is 1.64. The van der Waals surface area contributed by atoms with E-state index in [1.807, 2.05) is 49.7 Å². The Morgan fingerprint density at radius 3 is 3.00 bits per heavy atom. The number of imidazole rings is 1. The first-order chi connectivity index (χ1) is 8.56. The van der Waals surface area contributed by atoms with E-state index in [9.17, 15) is 4.79 Å². The van der Waals surface area contributed by atoms with E-state index < -0.39 is 0 Å². The molecule has 0 aliphatic carbocycles. The van der Waals surface area contributed by atoms with Crippen molar-refractivity contribution in [3.63, 3.8) is 0 Å². The minimum Gasteiger partial charge on any atom is -0.307 e. The fraction of sp³-hybridized carbons (Fsp3) is 0.385. The summed E-state index contributed by atoms with van der Waals surface area (Å²) in [7, 11) is 0. The lowest BCUT2D eigenvalue weighted by Crippen LogP contribution is -2.28. The number of carbonyl (C=O) groups excluding carboxylic acids is 1. The Morgan fingerprint density at radius 1 is 1.56 bits per heavy atom. The van der Waals surface area contributed by atoms with Crippen LogP contribution < -0.4 is 5.48 Å². The van der Waals surface area contributed by atoms with Crippen LogP contribution in [0.1, 0.15) is 25.1 Å². The zero-order valence-corrected chi connectivity index (χ0v) is 10.8. The number of nitrogens with one attached hydrogen (secondary N) is 1. The van der Waals surface area contributed by atoms with E-state index in [1.165, 1.54) is 0 Å². The van der Waals surface area contributed by atoms with E-state index in [0.29, 0.717) is 0 Å². The van der Waals surface area contributed by atoms with Crippen LogP contribution >= 0.6 is 0 Å². The van der Waals surface area contributed by atoms with Crippen molar-refractivity contribution < 1.29 is 9.63 Å². The van der Waals surface area contributed by atoms with Crippen LogP contribution in [0.25, 0.3) is 5.65 Å². The number of aryl methyl sites for hydroxylation is 1. The van der Waals surface area contributed by atoms with Gasteiger partial charge in [-0.25, -0.2) is 10.5 Å². The number of hydroxylamine groups is 1. The Balaban J connectivity index is 2.08. The highest BCUT2D eigenvalue weighted by Crippen LogP contribution is 2.10. The molecule has 0 saturated heterocycles. The molecule has 0 aliphatic heterocycles. The molecule has 2 heterocycles. The molecule has 0 fully saturated rings. The molecule has 96 valence electrons. The number of aromatic nitrogens is 2. The van der Waals surface area contributed by atoms with E-state index >= 15 is 0 Å². The molecule has 0 atom stereocenters. The molecule has 0 unspecified atom stereocenters. The monoisotopic (exact) mass is 247 g/mol. The minimum absolute atomic E-state index is 0.0303. The molecule has 2 rings (SSSR count). The number of nitrogens with zero attached hydrogens (tertiary/aromatic N) is 2. The van der Waals surface area contributed by atoms with Gasteiger partial charge in [-0.3, -0.25) is 9.63 Å². The number of pyridine rings is 1. The third-order valence-electron chi connectivity index (χ3n) is 2.48. The molecule has 0 aliphatic rings. The van der Waals surface area contributed by atoms with Crippen molar-refractivity contribution in [1.82, 2.24) is 14.9 Å². The number of fused-ring (bicyclic) bond motifs is 1. The fourth-order valence-electron chi connectivity index (χ4n) is 1.67. The summed E-state index contributed by atoms with van der Waals surface area (Å²) in [6.45, 7) is 5.71.